The SMILES string of the molecule is CCn1nc(C)cc1C(=O)Nc1nc2cc(C(N)=O)cc(C)c2n1CC=CCn1c2ccc(C(N)=O)cc2c2cc(F)c(-c3cc(C)nn3CC)nc21. The molecule has 270 valence electrons. The molecule has 0 saturated heterocycles. The second-order valence-electron chi connectivity index (χ2n) is 12.9. The normalized spacial score (nSPS) is 11.8. The number of benzene rings is 2. The molecule has 53 heavy (non-hydrogen) atoms. The van der Waals surface area contributed by atoms with Crippen LogP contribution >= 0.6 is 0 Å². The molecule has 0 unspecified atom stereocenters. The summed E-state index contributed by atoms with van der Waals surface area (Å²) in [6, 6.07) is 13.3. The number of carbonyl (C=O) groups is 3. The molecular weight excluding hydrogens is 677 g/mol. The average molecular weight is 716 g/mol. The van der Waals surface area contributed by atoms with Crippen molar-refractivity contribution in [3.8, 4) is 11.4 Å². The number of aryl methyl sites for hydroxylation is 5. The summed E-state index contributed by atoms with van der Waals surface area (Å²) in [6.07, 6.45) is 3.86. The van der Waals surface area contributed by atoms with E-state index in [4.69, 9.17) is 21.4 Å². The molecule has 3 amide bonds. The van der Waals surface area contributed by atoms with E-state index in [-0.39, 0.29) is 17.5 Å². The van der Waals surface area contributed by atoms with E-state index in [2.05, 4.69) is 15.5 Å². The highest BCUT2D eigenvalue weighted by molar-refractivity contribution is 6.10. The number of aromatic nitrogens is 8. The number of nitrogens with zero attached hydrogens (tertiary/aromatic N) is 8. The van der Waals surface area contributed by atoms with Crippen LogP contribution in [0.2, 0.25) is 0 Å². The highest BCUT2D eigenvalue weighted by Crippen LogP contribution is 2.33. The molecule has 0 spiro atoms. The van der Waals surface area contributed by atoms with Crippen molar-refractivity contribution in [2.24, 2.45) is 11.5 Å². The number of halogens is 1. The topological polar surface area (TPSA) is 187 Å². The molecule has 7 aromatic rings. The predicted molar refractivity (Wildman–Crippen MR) is 200 cm³/mol. The number of nitrogens with one attached hydrogen (secondary N) is 1. The van der Waals surface area contributed by atoms with Gasteiger partial charge in [0.05, 0.1) is 33.6 Å². The number of hydrogen-bond donors (Lipinski definition) is 3. The molecule has 5 aromatic heterocycles. The zero-order valence-electron chi connectivity index (χ0n) is 29.9. The molecule has 0 saturated carbocycles. The van der Waals surface area contributed by atoms with Gasteiger partial charge >= 0.3 is 0 Å². The minimum absolute atomic E-state index is 0.166. The Balaban J connectivity index is 1.29. The van der Waals surface area contributed by atoms with E-state index in [9.17, 15) is 14.4 Å². The van der Waals surface area contributed by atoms with Gasteiger partial charge in [0, 0.05) is 48.1 Å². The lowest BCUT2D eigenvalue weighted by Gasteiger charge is -2.11. The quantitative estimate of drug-likeness (QED) is 0.149. The number of fused-ring (bicyclic) bond motifs is 4. The first kappa shape index (κ1) is 34.8. The van der Waals surface area contributed by atoms with Crippen LogP contribution in [-0.4, -0.2) is 56.4 Å². The first-order valence-corrected chi connectivity index (χ1v) is 17.2. The van der Waals surface area contributed by atoms with Gasteiger partial charge in [0.1, 0.15) is 17.0 Å². The minimum atomic E-state index is -0.594. The van der Waals surface area contributed by atoms with Crippen LogP contribution in [0.5, 0.6) is 0 Å². The molecule has 0 aliphatic carbocycles. The fourth-order valence-corrected chi connectivity index (χ4v) is 6.87. The van der Waals surface area contributed by atoms with Crippen molar-refractivity contribution >= 4 is 56.6 Å². The average Bonchev–Trinajstić information content (AvgIpc) is 3.87. The maximum Gasteiger partial charge on any atom is 0.276 e. The molecule has 2 aromatic carbocycles. The van der Waals surface area contributed by atoms with Gasteiger partial charge in [-0.25, -0.2) is 14.4 Å². The van der Waals surface area contributed by atoms with Crippen molar-refractivity contribution in [3.05, 3.63) is 100 Å². The van der Waals surface area contributed by atoms with E-state index in [0.717, 1.165) is 22.3 Å². The fourth-order valence-electron chi connectivity index (χ4n) is 6.87. The maximum atomic E-state index is 15.8. The number of imidazole rings is 1. The minimum Gasteiger partial charge on any atom is -0.366 e. The molecule has 0 aliphatic heterocycles. The van der Waals surface area contributed by atoms with E-state index in [1.807, 2.05) is 55.9 Å². The fraction of sp³-hybridized carbons (Fsp3) is 0.237. The summed E-state index contributed by atoms with van der Waals surface area (Å²) in [6.45, 7) is 11.0. The van der Waals surface area contributed by atoms with Crippen LogP contribution in [0.25, 0.3) is 44.4 Å². The highest BCUT2D eigenvalue weighted by atomic mass is 19.1. The summed E-state index contributed by atoms with van der Waals surface area (Å²) in [4.78, 5) is 47.2. The van der Waals surface area contributed by atoms with Crippen LogP contribution < -0.4 is 16.8 Å². The number of anilines is 1. The number of pyridine rings is 1. The number of nitrogens with two attached hydrogens (primary N) is 2. The molecule has 0 atom stereocenters. The van der Waals surface area contributed by atoms with Gasteiger partial charge in [0.15, 0.2) is 5.82 Å². The molecule has 14 nitrogen and oxygen atoms in total. The van der Waals surface area contributed by atoms with Gasteiger partial charge in [0.25, 0.3) is 5.91 Å². The molecule has 15 heteroatoms. The maximum absolute atomic E-state index is 15.8. The van der Waals surface area contributed by atoms with Crippen LogP contribution in [0.1, 0.15) is 62.0 Å². The Morgan fingerprint density at radius 1 is 0.792 bits per heavy atom. The summed E-state index contributed by atoms with van der Waals surface area (Å²) < 4.78 is 22.9. The lowest BCUT2D eigenvalue weighted by molar-refractivity contribution is 0.0992. The van der Waals surface area contributed by atoms with E-state index in [1.165, 1.54) is 6.07 Å². The first-order chi connectivity index (χ1) is 25.4. The smallest absolute Gasteiger partial charge is 0.276 e. The molecular formula is C38H38FN11O3. The molecule has 0 aliphatic rings. The first-order valence-electron chi connectivity index (χ1n) is 17.2. The van der Waals surface area contributed by atoms with Gasteiger partial charge in [-0.2, -0.15) is 10.2 Å². The number of rotatable bonds is 11. The molecule has 5 N–H and O–H groups in total. The second kappa shape index (κ2) is 13.5. The summed E-state index contributed by atoms with van der Waals surface area (Å²) in [5, 5.41) is 13.0. The molecule has 0 fully saturated rings. The highest BCUT2D eigenvalue weighted by Gasteiger charge is 2.22. The van der Waals surface area contributed by atoms with Gasteiger partial charge in [-0.3, -0.25) is 29.1 Å². The van der Waals surface area contributed by atoms with Gasteiger partial charge in [-0.15, -0.1) is 0 Å². The van der Waals surface area contributed by atoms with Gasteiger partial charge in [-0.05, 0) is 88.7 Å². The van der Waals surface area contributed by atoms with Crippen LogP contribution in [0.4, 0.5) is 10.3 Å². The third-order valence-electron chi connectivity index (χ3n) is 9.24. The van der Waals surface area contributed by atoms with Crippen molar-refractivity contribution < 1.29 is 18.8 Å². The number of amides is 3. The van der Waals surface area contributed by atoms with Crippen molar-refractivity contribution in [1.82, 2.24) is 38.7 Å². The lowest BCUT2D eigenvalue weighted by Crippen LogP contribution is -2.20. The lowest BCUT2D eigenvalue weighted by atomic mass is 10.1. The Labute approximate surface area is 302 Å². The zero-order valence-corrected chi connectivity index (χ0v) is 29.9. The number of hydrogen-bond acceptors (Lipinski definition) is 7. The van der Waals surface area contributed by atoms with E-state index < -0.39 is 17.6 Å². The van der Waals surface area contributed by atoms with Crippen molar-refractivity contribution in [2.45, 2.75) is 60.8 Å². The molecule has 0 bridgehead atoms. The third-order valence-corrected chi connectivity index (χ3v) is 9.24. The Kier molecular flexibility index (Phi) is 8.85. The van der Waals surface area contributed by atoms with Crippen LogP contribution in [0.15, 0.2) is 60.7 Å². The Bertz CT molecular complexity index is 2660. The summed E-state index contributed by atoms with van der Waals surface area (Å²) in [5.41, 5.74) is 17.6. The number of primary amides is 2. The molecule has 5 heterocycles. The summed E-state index contributed by atoms with van der Waals surface area (Å²) in [5.74, 6) is -1.79. The van der Waals surface area contributed by atoms with E-state index in [1.54, 1.807) is 51.8 Å². The van der Waals surface area contributed by atoms with Gasteiger partial charge in [-0.1, -0.05) is 12.2 Å². The van der Waals surface area contributed by atoms with Gasteiger partial charge in [0.2, 0.25) is 17.8 Å². The van der Waals surface area contributed by atoms with Crippen molar-refractivity contribution in [2.75, 3.05) is 5.32 Å². The second-order valence-corrected chi connectivity index (χ2v) is 12.9. The molecule has 0 radical (unpaired) electrons. The Hall–Kier alpha value is -6.64. The van der Waals surface area contributed by atoms with Crippen LogP contribution in [0.3, 0.4) is 0 Å². The third kappa shape index (κ3) is 6.19. The van der Waals surface area contributed by atoms with Crippen molar-refractivity contribution in [1.29, 1.82) is 0 Å². The number of carbonyl (C=O) groups excluding carboxylic acids is 3. The Morgan fingerprint density at radius 3 is 2.17 bits per heavy atom. The number of allylic oxidation sites excluding steroid dienone is 2. The predicted octanol–water partition coefficient (Wildman–Crippen LogP) is 5.41. The van der Waals surface area contributed by atoms with Crippen LogP contribution in [0, 0.1) is 26.6 Å². The van der Waals surface area contributed by atoms with E-state index >= 15 is 4.39 Å². The van der Waals surface area contributed by atoms with Crippen LogP contribution in [-0.2, 0) is 26.2 Å². The largest absolute Gasteiger partial charge is 0.366 e. The zero-order chi connectivity index (χ0) is 37.7. The van der Waals surface area contributed by atoms with Gasteiger partial charge < -0.3 is 20.6 Å². The molecule has 7 rings (SSSR count). The summed E-state index contributed by atoms with van der Waals surface area (Å²) >= 11 is 0. The monoisotopic (exact) mass is 715 g/mol. The standard InChI is InChI=1S/C38H38FN11O3/c1-6-49-30(15-21(4)45-49)32-27(39)19-26-25-17-23(34(40)51)10-11-29(25)47(36(26)43-32)12-8-9-13-48-33-20(3)14-24(35(41)52)18-28(33)42-38(48)44-37(53)31-16-22(5)46-50(31)7-2/h8-11,14-19H,6-7,12-13H2,1-5H3,(H2,40,51)(H2,41,52)(H,42,44,53). The van der Waals surface area contributed by atoms with E-state index in [0.29, 0.717) is 76.3 Å². The Morgan fingerprint density at radius 2 is 1.47 bits per heavy atom. The van der Waals surface area contributed by atoms with Crippen molar-refractivity contribution in [3.63, 3.8) is 0 Å². The summed E-state index contributed by atoms with van der Waals surface area (Å²) in [7, 11) is 0.